The molecule has 0 bridgehead atoms. The van der Waals surface area contributed by atoms with E-state index < -0.39 is 0 Å². The quantitative estimate of drug-likeness (QED) is 0.623. The number of halogens is 1. The van der Waals surface area contributed by atoms with Gasteiger partial charge >= 0.3 is 0 Å². The molecule has 0 aliphatic rings. The van der Waals surface area contributed by atoms with Gasteiger partial charge in [-0.2, -0.15) is 0 Å². The van der Waals surface area contributed by atoms with Crippen LogP contribution < -0.4 is 10.1 Å². The zero-order chi connectivity index (χ0) is 13.5. The van der Waals surface area contributed by atoms with Gasteiger partial charge in [-0.05, 0) is 36.6 Å². The van der Waals surface area contributed by atoms with Gasteiger partial charge in [0.15, 0.2) is 0 Å². The fourth-order valence-electron chi connectivity index (χ4n) is 1.69. The van der Waals surface area contributed by atoms with E-state index in [0.29, 0.717) is 6.61 Å². The molecule has 0 atom stereocenters. The Morgan fingerprint density at radius 3 is 2.79 bits per heavy atom. The van der Waals surface area contributed by atoms with Crippen LogP contribution in [0.15, 0.2) is 53.4 Å². The number of ether oxygens (including phenoxy) is 1. The van der Waals surface area contributed by atoms with Crippen LogP contribution in [0.4, 0.5) is 5.69 Å². The Labute approximate surface area is 123 Å². The number of hydrogen-bond acceptors (Lipinski definition) is 3. The molecule has 19 heavy (non-hydrogen) atoms. The Morgan fingerprint density at radius 2 is 2.00 bits per heavy atom. The number of hydrogen-bond donors (Lipinski definition) is 1. The van der Waals surface area contributed by atoms with Crippen molar-refractivity contribution in [3.05, 3.63) is 53.6 Å². The minimum Gasteiger partial charge on any atom is -0.491 e. The number of thioether (sulfide) groups is 1. The molecular formula is C15H16ClNOS. The van der Waals surface area contributed by atoms with Crippen molar-refractivity contribution in [3.63, 3.8) is 0 Å². The molecule has 2 aromatic rings. The van der Waals surface area contributed by atoms with E-state index in [9.17, 15) is 0 Å². The fourth-order valence-corrected chi connectivity index (χ4v) is 2.43. The molecule has 0 saturated heterocycles. The maximum Gasteiger partial charge on any atom is 0.132 e. The van der Waals surface area contributed by atoms with E-state index in [0.717, 1.165) is 27.9 Å². The second-order valence-corrected chi connectivity index (χ2v) is 5.22. The summed E-state index contributed by atoms with van der Waals surface area (Å²) in [5.74, 6) is 0.933. The molecule has 0 aliphatic carbocycles. The molecule has 4 heteroatoms. The van der Waals surface area contributed by atoms with Crippen molar-refractivity contribution in [2.24, 2.45) is 0 Å². The van der Waals surface area contributed by atoms with Gasteiger partial charge in [0.25, 0.3) is 0 Å². The highest BCUT2D eigenvalue weighted by Gasteiger charge is 2.00. The second-order valence-electron chi connectivity index (χ2n) is 3.94. The van der Waals surface area contributed by atoms with Crippen LogP contribution in [-0.2, 0) is 0 Å². The molecule has 0 radical (unpaired) electrons. The predicted octanol–water partition coefficient (Wildman–Crippen LogP) is 4.55. The van der Waals surface area contributed by atoms with Gasteiger partial charge in [0, 0.05) is 22.2 Å². The van der Waals surface area contributed by atoms with Crippen molar-refractivity contribution in [2.75, 3.05) is 24.7 Å². The third-order valence-electron chi connectivity index (χ3n) is 2.58. The first-order valence-corrected chi connectivity index (χ1v) is 7.65. The Bertz CT molecular complexity index is 533. The molecule has 2 nitrogen and oxygen atoms in total. The first-order valence-electron chi connectivity index (χ1n) is 6.05. The van der Waals surface area contributed by atoms with Crippen LogP contribution >= 0.6 is 23.4 Å². The second kappa shape index (κ2) is 7.31. The summed E-state index contributed by atoms with van der Waals surface area (Å²) in [7, 11) is 0. The van der Waals surface area contributed by atoms with Gasteiger partial charge in [-0.15, -0.1) is 11.8 Å². The number of rotatable bonds is 6. The summed E-state index contributed by atoms with van der Waals surface area (Å²) in [5, 5.41) is 4.01. The minimum absolute atomic E-state index is 0.615. The largest absolute Gasteiger partial charge is 0.491 e. The van der Waals surface area contributed by atoms with E-state index in [1.165, 1.54) is 0 Å². The molecule has 100 valence electrons. The molecule has 0 unspecified atom stereocenters. The van der Waals surface area contributed by atoms with Gasteiger partial charge in [0.1, 0.15) is 12.4 Å². The molecule has 2 aromatic carbocycles. The maximum absolute atomic E-state index is 5.92. The average molecular weight is 294 g/mol. The average Bonchev–Trinajstić information content (AvgIpc) is 2.44. The summed E-state index contributed by atoms with van der Waals surface area (Å²) >= 11 is 7.61. The van der Waals surface area contributed by atoms with Crippen LogP contribution in [-0.4, -0.2) is 19.4 Å². The van der Waals surface area contributed by atoms with Gasteiger partial charge in [-0.3, -0.25) is 0 Å². The standard InChI is InChI=1S/C15H16ClNOS/c1-19-15-8-3-2-7-14(15)18-10-9-17-13-6-4-5-12(16)11-13/h2-8,11,17H,9-10H2,1H3. The van der Waals surface area contributed by atoms with Crippen molar-refractivity contribution >= 4 is 29.1 Å². The highest BCUT2D eigenvalue weighted by molar-refractivity contribution is 7.98. The van der Waals surface area contributed by atoms with Crippen LogP contribution in [0.2, 0.25) is 5.02 Å². The van der Waals surface area contributed by atoms with E-state index in [-0.39, 0.29) is 0 Å². The van der Waals surface area contributed by atoms with Crippen LogP contribution in [0.25, 0.3) is 0 Å². The molecule has 0 spiro atoms. The number of para-hydroxylation sites is 1. The minimum atomic E-state index is 0.615. The normalized spacial score (nSPS) is 10.2. The summed E-state index contributed by atoms with van der Waals surface area (Å²) in [6.45, 7) is 1.35. The van der Waals surface area contributed by atoms with Crippen molar-refractivity contribution in [3.8, 4) is 5.75 Å². The number of benzene rings is 2. The highest BCUT2D eigenvalue weighted by atomic mass is 35.5. The fraction of sp³-hybridized carbons (Fsp3) is 0.200. The summed E-state index contributed by atoms with van der Waals surface area (Å²) < 4.78 is 5.76. The van der Waals surface area contributed by atoms with E-state index in [1.54, 1.807) is 11.8 Å². The Hall–Kier alpha value is -1.32. The van der Waals surface area contributed by atoms with Gasteiger partial charge < -0.3 is 10.1 Å². The lowest BCUT2D eigenvalue weighted by atomic mass is 10.3. The first-order chi connectivity index (χ1) is 9.29. The molecule has 0 amide bonds. The zero-order valence-corrected chi connectivity index (χ0v) is 12.3. The molecule has 2 rings (SSSR count). The van der Waals surface area contributed by atoms with Crippen molar-refractivity contribution in [1.82, 2.24) is 0 Å². The van der Waals surface area contributed by atoms with E-state index in [2.05, 4.69) is 11.4 Å². The van der Waals surface area contributed by atoms with Crippen LogP contribution in [0.5, 0.6) is 5.75 Å². The number of nitrogens with one attached hydrogen (secondary N) is 1. The molecule has 0 heterocycles. The molecular weight excluding hydrogens is 278 g/mol. The SMILES string of the molecule is CSc1ccccc1OCCNc1cccc(Cl)c1. The van der Waals surface area contributed by atoms with Crippen LogP contribution in [0, 0.1) is 0 Å². The maximum atomic E-state index is 5.92. The van der Waals surface area contributed by atoms with E-state index in [4.69, 9.17) is 16.3 Å². The molecule has 0 fully saturated rings. The summed E-state index contributed by atoms with van der Waals surface area (Å²) in [6.07, 6.45) is 2.05. The zero-order valence-electron chi connectivity index (χ0n) is 10.7. The molecule has 0 aliphatic heterocycles. The Morgan fingerprint density at radius 1 is 1.16 bits per heavy atom. The van der Waals surface area contributed by atoms with Crippen LogP contribution in [0.3, 0.4) is 0 Å². The molecule has 1 N–H and O–H groups in total. The van der Waals surface area contributed by atoms with E-state index >= 15 is 0 Å². The summed E-state index contributed by atoms with van der Waals surface area (Å²) in [6, 6.07) is 15.7. The van der Waals surface area contributed by atoms with Crippen molar-refractivity contribution in [1.29, 1.82) is 0 Å². The topological polar surface area (TPSA) is 21.3 Å². The summed E-state index contributed by atoms with van der Waals surface area (Å²) in [5.41, 5.74) is 1.01. The molecule has 0 aromatic heterocycles. The molecule has 0 saturated carbocycles. The highest BCUT2D eigenvalue weighted by Crippen LogP contribution is 2.26. The van der Waals surface area contributed by atoms with Crippen molar-refractivity contribution < 1.29 is 4.74 Å². The smallest absolute Gasteiger partial charge is 0.132 e. The lowest BCUT2D eigenvalue weighted by molar-refractivity contribution is 0.325. The third kappa shape index (κ3) is 4.37. The van der Waals surface area contributed by atoms with Gasteiger partial charge in [0.2, 0.25) is 0 Å². The van der Waals surface area contributed by atoms with Gasteiger partial charge in [-0.25, -0.2) is 0 Å². The Kier molecular flexibility index (Phi) is 5.43. The van der Waals surface area contributed by atoms with Gasteiger partial charge in [0.05, 0.1) is 0 Å². The third-order valence-corrected chi connectivity index (χ3v) is 3.59. The Balaban J connectivity index is 1.81. The lowest BCUT2D eigenvalue weighted by Gasteiger charge is -2.11. The van der Waals surface area contributed by atoms with Crippen molar-refractivity contribution in [2.45, 2.75) is 4.90 Å². The first kappa shape index (κ1) is 14.1. The monoisotopic (exact) mass is 293 g/mol. The van der Waals surface area contributed by atoms with E-state index in [1.807, 2.05) is 48.7 Å². The number of anilines is 1. The predicted molar refractivity (Wildman–Crippen MR) is 83.7 cm³/mol. The summed E-state index contributed by atoms with van der Waals surface area (Å²) in [4.78, 5) is 1.16. The van der Waals surface area contributed by atoms with Crippen LogP contribution in [0.1, 0.15) is 0 Å². The van der Waals surface area contributed by atoms with Gasteiger partial charge in [-0.1, -0.05) is 29.8 Å². The lowest BCUT2D eigenvalue weighted by Crippen LogP contribution is -2.11.